The summed E-state index contributed by atoms with van der Waals surface area (Å²) in [6, 6.07) is 6.72. The van der Waals surface area contributed by atoms with E-state index < -0.39 is 0 Å². The van der Waals surface area contributed by atoms with Gasteiger partial charge < -0.3 is 0 Å². The number of nitrogens with two attached hydrogens (primary N) is 1. The summed E-state index contributed by atoms with van der Waals surface area (Å²) in [6.07, 6.45) is 2.62. The van der Waals surface area contributed by atoms with Gasteiger partial charge in [-0.05, 0) is 24.6 Å². The van der Waals surface area contributed by atoms with Crippen LogP contribution in [0.5, 0.6) is 0 Å². The number of hydrogen-bond acceptors (Lipinski definition) is 3. The molecule has 0 saturated heterocycles. The van der Waals surface area contributed by atoms with E-state index in [2.05, 4.69) is 12.0 Å². The smallest absolute Gasteiger partial charge is 0.124 e. The Kier molecular flexibility index (Phi) is 5.39. The molecule has 1 atom stereocenters. The van der Waals surface area contributed by atoms with E-state index >= 15 is 0 Å². The molecule has 2 nitrogen and oxygen atoms in total. The molecule has 0 aliphatic carbocycles. The Bertz CT molecular complexity index is 317. The highest BCUT2D eigenvalue weighted by Crippen LogP contribution is 2.19. The Morgan fingerprint density at radius 2 is 2.40 bits per heavy atom. The molecule has 0 saturated carbocycles. The van der Waals surface area contributed by atoms with Gasteiger partial charge in [-0.25, -0.2) is 4.39 Å². The molecule has 4 heteroatoms. The molecule has 82 valence electrons. The van der Waals surface area contributed by atoms with Crippen LogP contribution in [0.3, 0.4) is 0 Å². The third-order valence-corrected chi connectivity index (χ3v) is 3.09. The van der Waals surface area contributed by atoms with Gasteiger partial charge in [0.15, 0.2) is 0 Å². The van der Waals surface area contributed by atoms with E-state index in [0.29, 0.717) is 0 Å². The van der Waals surface area contributed by atoms with Gasteiger partial charge in [-0.15, -0.1) is 18.3 Å². The molecule has 0 spiro atoms. The van der Waals surface area contributed by atoms with Gasteiger partial charge in [0, 0.05) is 16.7 Å². The summed E-state index contributed by atoms with van der Waals surface area (Å²) >= 11 is 1.58. The van der Waals surface area contributed by atoms with E-state index in [1.807, 2.05) is 12.1 Å². The SMILES string of the molecule is C=CCC(CSc1cccc(F)c1)NN. The molecule has 0 radical (unpaired) electrons. The topological polar surface area (TPSA) is 38.0 Å². The molecule has 1 aromatic rings. The lowest BCUT2D eigenvalue weighted by atomic mass is 10.2. The van der Waals surface area contributed by atoms with E-state index in [9.17, 15) is 4.39 Å². The van der Waals surface area contributed by atoms with Gasteiger partial charge in [0.2, 0.25) is 0 Å². The fourth-order valence-corrected chi connectivity index (χ4v) is 2.14. The van der Waals surface area contributed by atoms with Crippen LogP contribution in [-0.2, 0) is 0 Å². The molecule has 3 N–H and O–H groups in total. The second-order valence-corrected chi connectivity index (χ2v) is 4.25. The van der Waals surface area contributed by atoms with Crippen LogP contribution in [0.15, 0.2) is 41.8 Å². The van der Waals surface area contributed by atoms with Crippen molar-refractivity contribution in [1.82, 2.24) is 5.43 Å². The first-order valence-corrected chi connectivity index (χ1v) is 5.70. The van der Waals surface area contributed by atoms with Crippen LogP contribution in [0.1, 0.15) is 6.42 Å². The summed E-state index contributed by atoms with van der Waals surface area (Å²) in [6.45, 7) is 3.65. The molecular weight excluding hydrogens is 211 g/mol. The lowest BCUT2D eigenvalue weighted by Crippen LogP contribution is -2.36. The number of benzene rings is 1. The summed E-state index contributed by atoms with van der Waals surface area (Å²) in [5, 5.41) is 0. The van der Waals surface area contributed by atoms with Crippen molar-refractivity contribution >= 4 is 11.8 Å². The zero-order valence-corrected chi connectivity index (χ0v) is 9.27. The Balaban J connectivity index is 2.44. The van der Waals surface area contributed by atoms with Crippen molar-refractivity contribution in [3.63, 3.8) is 0 Å². The van der Waals surface area contributed by atoms with E-state index in [0.717, 1.165) is 17.1 Å². The van der Waals surface area contributed by atoms with Gasteiger partial charge in [-0.3, -0.25) is 11.3 Å². The number of halogens is 1. The van der Waals surface area contributed by atoms with Crippen molar-refractivity contribution in [3.8, 4) is 0 Å². The number of nitrogens with one attached hydrogen (secondary N) is 1. The van der Waals surface area contributed by atoms with Crippen LogP contribution < -0.4 is 11.3 Å². The molecule has 0 aliphatic heterocycles. The standard InChI is InChI=1S/C11H15FN2S/c1-2-4-10(14-13)8-15-11-6-3-5-9(12)7-11/h2-3,5-7,10,14H,1,4,8,13H2. The van der Waals surface area contributed by atoms with Gasteiger partial charge in [0.05, 0.1) is 0 Å². The number of thioether (sulfide) groups is 1. The average molecular weight is 226 g/mol. The van der Waals surface area contributed by atoms with Crippen LogP contribution in [0.4, 0.5) is 4.39 Å². The maximum atomic E-state index is 12.9. The Hall–Kier alpha value is -0.840. The van der Waals surface area contributed by atoms with E-state index in [1.165, 1.54) is 12.1 Å². The summed E-state index contributed by atoms with van der Waals surface area (Å²) in [7, 11) is 0. The summed E-state index contributed by atoms with van der Waals surface area (Å²) in [4.78, 5) is 0.916. The Labute approximate surface area is 93.7 Å². The zero-order chi connectivity index (χ0) is 11.1. The van der Waals surface area contributed by atoms with Crippen molar-refractivity contribution in [2.24, 2.45) is 5.84 Å². The Morgan fingerprint density at radius 1 is 1.60 bits per heavy atom. The first-order chi connectivity index (χ1) is 7.26. The first kappa shape index (κ1) is 12.2. The normalized spacial score (nSPS) is 12.4. The molecule has 1 rings (SSSR count). The van der Waals surface area contributed by atoms with E-state index in [4.69, 9.17) is 5.84 Å². The van der Waals surface area contributed by atoms with Gasteiger partial charge >= 0.3 is 0 Å². The third-order valence-electron chi connectivity index (χ3n) is 1.93. The number of hydrazine groups is 1. The van der Waals surface area contributed by atoms with Crippen molar-refractivity contribution in [1.29, 1.82) is 0 Å². The summed E-state index contributed by atoms with van der Waals surface area (Å²) in [5.41, 5.74) is 2.70. The predicted octanol–water partition coefficient (Wildman–Crippen LogP) is 2.33. The maximum absolute atomic E-state index is 12.9. The number of hydrogen-bond donors (Lipinski definition) is 2. The predicted molar refractivity (Wildman–Crippen MR) is 63.0 cm³/mol. The van der Waals surface area contributed by atoms with Crippen LogP contribution in [0, 0.1) is 5.82 Å². The summed E-state index contributed by atoms with van der Waals surface area (Å²) in [5.74, 6) is 5.96. The molecule has 0 bridgehead atoms. The minimum absolute atomic E-state index is 0.177. The van der Waals surface area contributed by atoms with Crippen molar-refractivity contribution < 1.29 is 4.39 Å². The molecule has 0 aliphatic rings. The van der Waals surface area contributed by atoms with Gasteiger partial charge in [0.25, 0.3) is 0 Å². The molecule has 1 aromatic carbocycles. The third kappa shape index (κ3) is 4.46. The molecule has 0 aromatic heterocycles. The van der Waals surface area contributed by atoms with Crippen molar-refractivity contribution in [2.75, 3.05) is 5.75 Å². The van der Waals surface area contributed by atoms with Crippen molar-refractivity contribution in [2.45, 2.75) is 17.4 Å². The van der Waals surface area contributed by atoms with Crippen LogP contribution in [-0.4, -0.2) is 11.8 Å². The molecule has 1 unspecified atom stereocenters. The molecule has 0 amide bonds. The fourth-order valence-electron chi connectivity index (χ4n) is 1.14. The molecule has 0 heterocycles. The van der Waals surface area contributed by atoms with E-state index in [1.54, 1.807) is 17.8 Å². The quantitative estimate of drug-likeness (QED) is 0.338. The number of rotatable bonds is 6. The maximum Gasteiger partial charge on any atom is 0.124 e. The first-order valence-electron chi connectivity index (χ1n) is 4.71. The van der Waals surface area contributed by atoms with Gasteiger partial charge in [-0.1, -0.05) is 12.1 Å². The van der Waals surface area contributed by atoms with Gasteiger partial charge in [0.1, 0.15) is 5.82 Å². The molecule has 15 heavy (non-hydrogen) atoms. The van der Waals surface area contributed by atoms with Crippen LogP contribution in [0.25, 0.3) is 0 Å². The highest BCUT2D eigenvalue weighted by molar-refractivity contribution is 7.99. The highest BCUT2D eigenvalue weighted by atomic mass is 32.2. The van der Waals surface area contributed by atoms with Crippen LogP contribution >= 0.6 is 11.8 Å². The average Bonchev–Trinajstić information content (AvgIpc) is 2.24. The second kappa shape index (κ2) is 6.61. The summed E-state index contributed by atoms with van der Waals surface area (Å²) < 4.78 is 12.9. The fraction of sp³-hybridized carbons (Fsp3) is 0.273. The van der Waals surface area contributed by atoms with Crippen molar-refractivity contribution in [3.05, 3.63) is 42.7 Å². The highest BCUT2D eigenvalue weighted by Gasteiger charge is 2.05. The molecule has 0 fully saturated rings. The zero-order valence-electron chi connectivity index (χ0n) is 8.45. The second-order valence-electron chi connectivity index (χ2n) is 3.16. The Morgan fingerprint density at radius 3 is 3.00 bits per heavy atom. The van der Waals surface area contributed by atoms with Crippen LogP contribution in [0.2, 0.25) is 0 Å². The minimum atomic E-state index is -0.207. The molecular formula is C11H15FN2S. The minimum Gasteiger partial charge on any atom is -0.271 e. The van der Waals surface area contributed by atoms with Gasteiger partial charge in [-0.2, -0.15) is 0 Å². The lowest BCUT2D eigenvalue weighted by molar-refractivity contribution is 0.585. The monoisotopic (exact) mass is 226 g/mol. The van der Waals surface area contributed by atoms with E-state index in [-0.39, 0.29) is 11.9 Å². The lowest BCUT2D eigenvalue weighted by Gasteiger charge is -2.12. The largest absolute Gasteiger partial charge is 0.271 e.